The molecule has 0 bridgehead atoms. The Morgan fingerprint density at radius 3 is 2.32 bits per heavy atom. The Balaban J connectivity index is 2.17. The molecule has 0 saturated heterocycles. The molecule has 1 aliphatic rings. The normalized spacial score (nSPS) is 19.6. The topological polar surface area (TPSA) is 47.6 Å². The number of carbonyl (C=O) groups is 1. The van der Waals surface area contributed by atoms with E-state index in [1.165, 1.54) is 29.4 Å². The van der Waals surface area contributed by atoms with Crippen molar-refractivity contribution in [3.05, 3.63) is 70.8 Å². The maximum Gasteiger partial charge on any atom is 0.323 e. The highest BCUT2D eigenvalue weighted by Crippen LogP contribution is 2.41. The summed E-state index contributed by atoms with van der Waals surface area (Å²) in [6.07, 6.45) is 0.623. The van der Waals surface area contributed by atoms with Crippen molar-refractivity contribution >= 4 is 11.5 Å². The summed E-state index contributed by atoms with van der Waals surface area (Å²) in [6, 6.07) is 16.0. The van der Waals surface area contributed by atoms with Gasteiger partial charge >= 0.3 is 5.97 Å². The van der Waals surface area contributed by atoms with Gasteiger partial charge in [0.1, 0.15) is 11.8 Å². The van der Waals surface area contributed by atoms with E-state index in [1.54, 1.807) is 7.11 Å². The van der Waals surface area contributed by atoms with Gasteiger partial charge in [-0.2, -0.15) is 0 Å². The van der Waals surface area contributed by atoms with Crippen LogP contribution in [0.4, 0.5) is 0 Å². The Hall–Kier alpha value is -2.59. The summed E-state index contributed by atoms with van der Waals surface area (Å²) < 4.78 is 10.4. The van der Waals surface area contributed by atoms with Gasteiger partial charge in [-0.1, -0.05) is 50.2 Å². The molecule has 148 valence electrons. The van der Waals surface area contributed by atoms with Crippen molar-refractivity contribution in [1.29, 1.82) is 0 Å². The van der Waals surface area contributed by atoms with Crippen LogP contribution in [-0.2, 0) is 9.53 Å². The molecule has 3 rings (SSSR count). The molecule has 0 aliphatic carbocycles. The smallest absolute Gasteiger partial charge is 0.323 e. The third kappa shape index (κ3) is 3.97. The number of carbonyl (C=O) groups excluding carboxylic acids is 1. The second-order valence-electron chi connectivity index (χ2n) is 7.56. The summed E-state index contributed by atoms with van der Waals surface area (Å²) in [5.74, 6) is 0.915. The van der Waals surface area contributed by atoms with E-state index >= 15 is 0 Å². The predicted molar refractivity (Wildman–Crippen MR) is 112 cm³/mol. The van der Waals surface area contributed by atoms with Crippen LogP contribution in [0.3, 0.4) is 0 Å². The highest BCUT2D eigenvalue weighted by atomic mass is 16.5. The van der Waals surface area contributed by atoms with Gasteiger partial charge in [0.05, 0.1) is 20.3 Å². The molecule has 2 aromatic carbocycles. The van der Waals surface area contributed by atoms with Gasteiger partial charge in [-0.25, -0.2) is 0 Å². The van der Waals surface area contributed by atoms with Gasteiger partial charge in [0, 0.05) is 0 Å². The lowest BCUT2D eigenvalue weighted by atomic mass is 9.78. The summed E-state index contributed by atoms with van der Waals surface area (Å²) in [6.45, 7) is 6.55. The summed E-state index contributed by atoms with van der Waals surface area (Å²) >= 11 is 0. The van der Waals surface area contributed by atoms with Crippen LogP contribution in [-0.4, -0.2) is 26.2 Å². The third-order valence-corrected chi connectivity index (χ3v) is 5.46. The molecule has 2 aromatic rings. The fourth-order valence-electron chi connectivity index (χ4n) is 4.07. The average molecular weight is 380 g/mol. The van der Waals surface area contributed by atoms with Crippen molar-refractivity contribution < 1.29 is 14.3 Å². The Labute approximate surface area is 167 Å². The lowest BCUT2D eigenvalue weighted by Gasteiger charge is -2.37. The van der Waals surface area contributed by atoms with Crippen molar-refractivity contribution in [3.8, 4) is 5.75 Å². The number of benzene rings is 2. The molecule has 2 atom stereocenters. The number of methoxy groups -OCH3 is 2. The minimum absolute atomic E-state index is 0.0571. The molecule has 4 nitrogen and oxygen atoms in total. The molecule has 0 saturated carbocycles. The van der Waals surface area contributed by atoms with Crippen LogP contribution in [0.1, 0.15) is 43.0 Å². The van der Waals surface area contributed by atoms with E-state index in [1.807, 2.05) is 18.2 Å². The van der Waals surface area contributed by atoms with Crippen LogP contribution < -0.4 is 10.1 Å². The van der Waals surface area contributed by atoms with Crippen LogP contribution in [0, 0.1) is 12.8 Å². The van der Waals surface area contributed by atoms with Crippen LogP contribution in [0.25, 0.3) is 5.57 Å². The van der Waals surface area contributed by atoms with Crippen molar-refractivity contribution in [2.24, 2.45) is 5.92 Å². The van der Waals surface area contributed by atoms with Gasteiger partial charge in [0.2, 0.25) is 0 Å². The summed E-state index contributed by atoms with van der Waals surface area (Å²) in [4.78, 5) is 12.5. The zero-order valence-corrected chi connectivity index (χ0v) is 17.3. The highest BCUT2D eigenvalue weighted by Gasteiger charge is 2.35. The second kappa shape index (κ2) is 8.61. The van der Waals surface area contributed by atoms with Crippen molar-refractivity contribution in [2.75, 3.05) is 14.2 Å². The van der Waals surface area contributed by atoms with Gasteiger partial charge in [0.25, 0.3) is 0 Å². The van der Waals surface area contributed by atoms with Gasteiger partial charge in [0.15, 0.2) is 0 Å². The number of hydrogen-bond acceptors (Lipinski definition) is 4. The Morgan fingerprint density at radius 2 is 1.75 bits per heavy atom. The molecule has 2 unspecified atom stereocenters. The summed E-state index contributed by atoms with van der Waals surface area (Å²) in [5, 5.41) is 3.54. The molecule has 0 spiro atoms. The van der Waals surface area contributed by atoms with E-state index < -0.39 is 0 Å². The Bertz CT molecular complexity index is 868. The van der Waals surface area contributed by atoms with E-state index in [0.717, 1.165) is 11.3 Å². The maximum atomic E-state index is 12.5. The number of esters is 1. The van der Waals surface area contributed by atoms with Crippen LogP contribution in [0.2, 0.25) is 0 Å². The molecule has 0 amide bonds. The number of ether oxygens (including phenoxy) is 2. The summed E-state index contributed by atoms with van der Waals surface area (Å²) in [7, 11) is 3.11. The Morgan fingerprint density at radius 1 is 1.07 bits per heavy atom. The molecule has 0 fully saturated rings. The molecule has 28 heavy (non-hydrogen) atoms. The van der Waals surface area contributed by atoms with E-state index in [4.69, 9.17) is 9.47 Å². The van der Waals surface area contributed by atoms with Crippen molar-refractivity contribution in [2.45, 2.75) is 39.3 Å². The standard InChI is InChI=1S/C24H29NO3/c1-15(2)22-20(19-9-7-6-8-16(19)3)14-21(24(26)28-5)25-23(22)17-10-12-18(27-4)13-11-17/h6-13,15,21,23,25H,14H2,1-5H3. The van der Waals surface area contributed by atoms with E-state index in [2.05, 4.69) is 56.4 Å². The van der Waals surface area contributed by atoms with Gasteiger partial charge in [-0.15, -0.1) is 0 Å². The average Bonchev–Trinajstić information content (AvgIpc) is 2.72. The molecule has 1 aliphatic heterocycles. The first kappa shape index (κ1) is 20.2. The number of nitrogens with one attached hydrogen (secondary N) is 1. The predicted octanol–water partition coefficient (Wildman–Crippen LogP) is 4.69. The first-order chi connectivity index (χ1) is 13.5. The minimum atomic E-state index is -0.380. The van der Waals surface area contributed by atoms with Gasteiger partial charge in [-0.3, -0.25) is 10.1 Å². The zero-order valence-electron chi connectivity index (χ0n) is 17.3. The van der Waals surface area contributed by atoms with E-state index in [9.17, 15) is 4.79 Å². The van der Waals surface area contributed by atoms with Crippen molar-refractivity contribution in [1.82, 2.24) is 5.32 Å². The highest BCUT2D eigenvalue weighted by molar-refractivity contribution is 5.83. The van der Waals surface area contributed by atoms with E-state index in [0.29, 0.717) is 12.3 Å². The number of hydrogen-bond donors (Lipinski definition) is 1. The van der Waals surface area contributed by atoms with Crippen LogP contribution in [0.5, 0.6) is 5.75 Å². The molecule has 1 heterocycles. The number of rotatable bonds is 5. The monoisotopic (exact) mass is 379 g/mol. The molecule has 0 radical (unpaired) electrons. The fourth-order valence-corrected chi connectivity index (χ4v) is 4.07. The van der Waals surface area contributed by atoms with Crippen LogP contribution >= 0.6 is 0 Å². The zero-order chi connectivity index (χ0) is 20.3. The molecule has 0 aromatic heterocycles. The third-order valence-electron chi connectivity index (χ3n) is 5.46. The molecule has 1 N–H and O–H groups in total. The molecule has 4 heteroatoms. The first-order valence-electron chi connectivity index (χ1n) is 9.73. The lowest BCUT2D eigenvalue weighted by Crippen LogP contribution is -2.44. The maximum absolute atomic E-state index is 12.5. The van der Waals surface area contributed by atoms with Crippen LogP contribution in [0.15, 0.2) is 54.1 Å². The van der Waals surface area contributed by atoms with Gasteiger partial charge in [-0.05, 0) is 59.2 Å². The lowest BCUT2D eigenvalue weighted by molar-refractivity contribution is -0.143. The SMILES string of the molecule is COC(=O)C1CC(c2ccccc2C)=C(C(C)C)C(c2ccc(OC)cc2)N1. The first-order valence-corrected chi connectivity index (χ1v) is 9.73. The molecular formula is C24H29NO3. The Kier molecular flexibility index (Phi) is 6.20. The molecular weight excluding hydrogens is 350 g/mol. The quantitative estimate of drug-likeness (QED) is 0.766. The minimum Gasteiger partial charge on any atom is -0.497 e. The number of aryl methyl sites for hydroxylation is 1. The summed E-state index contributed by atoms with van der Waals surface area (Å²) in [5.41, 5.74) is 6.10. The van der Waals surface area contributed by atoms with Crippen molar-refractivity contribution in [3.63, 3.8) is 0 Å². The van der Waals surface area contributed by atoms with E-state index in [-0.39, 0.29) is 18.1 Å². The second-order valence-corrected chi connectivity index (χ2v) is 7.56. The fraction of sp³-hybridized carbons (Fsp3) is 0.375. The largest absolute Gasteiger partial charge is 0.497 e. The van der Waals surface area contributed by atoms with Gasteiger partial charge < -0.3 is 9.47 Å².